The molecule has 0 bridgehead atoms. The van der Waals surface area contributed by atoms with Crippen LogP contribution in [-0.4, -0.2) is 10.1 Å². The number of hydrogen-bond acceptors (Lipinski definition) is 3. The third-order valence-electron chi connectivity index (χ3n) is 1.78. The molecule has 13 heavy (non-hydrogen) atoms. The minimum Gasteiger partial charge on any atom is -0.392 e. The van der Waals surface area contributed by atoms with Crippen LogP contribution in [0, 0.1) is 0 Å². The number of rotatable bonds is 2. The maximum Gasteiger partial charge on any atom is 0.0801 e. The summed E-state index contributed by atoms with van der Waals surface area (Å²) in [7, 11) is 0. The van der Waals surface area contributed by atoms with Crippen molar-refractivity contribution in [3.63, 3.8) is 0 Å². The van der Waals surface area contributed by atoms with Gasteiger partial charge in [0.25, 0.3) is 0 Å². The summed E-state index contributed by atoms with van der Waals surface area (Å²) in [4.78, 5) is 5.40. The number of hydrogen-bond donors (Lipinski definition) is 1. The lowest BCUT2D eigenvalue weighted by atomic mass is 10.2. The highest BCUT2D eigenvalue weighted by atomic mass is 32.1. The van der Waals surface area contributed by atoms with Crippen LogP contribution in [0.1, 0.15) is 5.56 Å². The van der Waals surface area contributed by atoms with Gasteiger partial charge in [-0.05, 0) is 23.1 Å². The van der Waals surface area contributed by atoms with E-state index in [1.165, 1.54) is 0 Å². The topological polar surface area (TPSA) is 33.1 Å². The molecule has 0 spiro atoms. The molecule has 0 atom stereocenters. The minimum atomic E-state index is 0.0533. The normalized spacial score (nSPS) is 10.2. The van der Waals surface area contributed by atoms with Gasteiger partial charge in [0.15, 0.2) is 0 Å². The van der Waals surface area contributed by atoms with Gasteiger partial charge in [0, 0.05) is 6.20 Å². The Hall–Kier alpha value is -1.19. The fourth-order valence-corrected chi connectivity index (χ4v) is 1.79. The number of pyridine rings is 1. The molecule has 0 aliphatic carbocycles. The highest BCUT2D eigenvalue weighted by Gasteiger charge is 1.98. The molecule has 0 aromatic carbocycles. The molecule has 0 saturated carbocycles. The minimum absolute atomic E-state index is 0.0533. The summed E-state index contributed by atoms with van der Waals surface area (Å²) in [6, 6.07) is 7.85. The summed E-state index contributed by atoms with van der Waals surface area (Å²) >= 11 is 1.66. The average molecular weight is 191 g/mol. The Bertz CT molecular complexity index is 366. The van der Waals surface area contributed by atoms with E-state index in [9.17, 15) is 0 Å². The third-order valence-corrected chi connectivity index (χ3v) is 2.67. The van der Waals surface area contributed by atoms with E-state index in [1.807, 2.05) is 29.6 Å². The molecular weight excluding hydrogens is 182 g/mol. The van der Waals surface area contributed by atoms with Gasteiger partial charge in [-0.2, -0.15) is 0 Å². The van der Waals surface area contributed by atoms with E-state index < -0.39 is 0 Å². The molecule has 0 fully saturated rings. The van der Waals surface area contributed by atoms with E-state index in [2.05, 4.69) is 4.98 Å². The van der Waals surface area contributed by atoms with E-state index in [1.54, 1.807) is 17.5 Å². The van der Waals surface area contributed by atoms with Crippen LogP contribution in [0.3, 0.4) is 0 Å². The van der Waals surface area contributed by atoms with Crippen molar-refractivity contribution in [1.82, 2.24) is 4.98 Å². The van der Waals surface area contributed by atoms with E-state index in [0.29, 0.717) is 0 Å². The maximum atomic E-state index is 8.82. The predicted molar refractivity (Wildman–Crippen MR) is 53.5 cm³/mol. The standard InChI is InChI=1S/C10H9NOS/c12-7-8-3-4-9(11-6-8)10-2-1-5-13-10/h1-6,12H,7H2. The number of thiophene rings is 1. The van der Waals surface area contributed by atoms with Gasteiger partial charge in [0.1, 0.15) is 0 Å². The van der Waals surface area contributed by atoms with Gasteiger partial charge in [-0.25, -0.2) is 0 Å². The van der Waals surface area contributed by atoms with Crippen molar-refractivity contribution in [2.45, 2.75) is 6.61 Å². The summed E-state index contributed by atoms with van der Waals surface area (Å²) in [6.07, 6.45) is 1.70. The molecule has 0 radical (unpaired) electrons. The smallest absolute Gasteiger partial charge is 0.0801 e. The van der Waals surface area contributed by atoms with Crippen molar-refractivity contribution in [3.8, 4) is 10.6 Å². The van der Waals surface area contributed by atoms with E-state index in [4.69, 9.17) is 5.11 Å². The summed E-state index contributed by atoms with van der Waals surface area (Å²) in [5.74, 6) is 0. The first-order valence-electron chi connectivity index (χ1n) is 4.00. The van der Waals surface area contributed by atoms with Crippen molar-refractivity contribution in [1.29, 1.82) is 0 Å². The Balaban J connectivity index is 2.33. The molecule has 0 aliphatic rings. The average Bonchev–Trinajstić information content (AvgIpc) is 2.71. The van der Waals surface area contributed by atoms with Gasteiger partial charge in [-0.15, -0.1) is 11.3 Å². The molecule has 1 N–H and O–H groups in total. The Morgan fingerprint density at radius 3 is 2.77 bits per heavy atom. The summed E-state index contributed by atoms with van der Waals surface area (Å²) < 4.78 is 0. The van der Waals surface area contributed by atoms with Crippen molar-refractivity contribution >= 4 is 11.3 Å². The Morgan fingerprint density at radius 2 is 2.23 bits per heavy atom. The molecule has 0 amide bonds. The molecule has 0 unspecified atom stereocenters. The third kappa shape index (κ3) is 1.76. The fourth-order valence-electron chi connectivity index (χ4n) is 1.09. The predicted octanol–water partition coefficient (Wildman–Crippen LogP) is 2.30. The van der Waals surface area contributed by atoms with Gasteiger partial charge >= 0.3 is 0 Å². The zero-order valence-electron chi connectivity index (χ0n) is 6.97. The van der Waals surface area contributed by atoms with Crippen LogP contribution in [0.15, 0.2) is 35.8 Å². The van der Waals surface area contributed by atoms with Crippen LogP contribution in [0.25, 0.3) is 10.6 Å². The number of nitrogens with zero attached hydrogens (tertiary/aromatic N) is 1. The van der Waals surface area contributed by atoms with Gasteiger partial charge in [-0.3, -0.25) is 4.98 Å². The molecule has 0 saturated heterocycles. The van der Waals surface area contributed by atoms with Crippen LogP contribution in [0.5, 0.6) is 0 Å². The summed E-state index contributed by atoms with van der Waals surface area (Å²) in [5, 5.41) is 10.8. The number of aliphatic hydroxyl groups is 1. The van der Waals surface area contributed by atoms with Gasteiger partial charge in [-0.1, -0.05) is 12.1 Å². The van der Waals surface area contributed by atoms with Gasteiger partial charge < -0.3 is 5.11 Å². The molecule has 0 aliphatic heterocycles. The molecule has 66 valence electrons. The zero-order chi connectivity index (χ0) is 9.10. The maximum absolute atomic E-state index is 8.82. The van der Waals surface area contributed by atoms with E-state index in [-0.39, 0.29) is 6.61 Å². The highest BCUT2D eigenvalue weighted by Crippen LogP contribution is 2.22. The van der Waals surface area contributed by atoms with Crippen LogP contribution in [-0.2, 0) is 6.61 Å². The molecule has 2 nitrogen and oxygen atoms in total. The Labute approximate surface area is 80.5 Å². The molecule has 2 aromatic rings. The number of aliphatic hydroxyl groups excluding tert-OH is 1. The molecule has 2 rings (SSSR count). The fraction of sp³-hybridized carbons (Fsp3) is 0.100. The second-order valence-corrected chi connectivity index (χ2v) is 3.63. The first-order chi connectivity index (χ1) is 6.40. The lowest BCUT2D eigenvalue weighted by molar-refractivity contribution is 0.281. The summed E-state index contributed by atoms with van der Waals surface area (Å²) in [6.45, 7) is 0.0533. The van der Waals surface area contributed by atoms with Crippen LogP contribution < -0.4 is 0 Å². The Kier molecular flexibility index (Phi) is 2.38. The summed E-state index contributed by atoms with van der Waals surface area (Å²) in [5.41, 5.74) is 1.81. The van der Waals surface area contributed by atoms with Crippen LogP contribution in [0.4, 0.5) is 0 Å². The Morgan fingerprint density at radius 1 is 1.31 bits per heavy atom. The first kappa shape index (κ1) is 8.41. The van der Waals surface area contributed by atoms with Crippen LogP contribution >= 0.6 is 11.3 Å². The monoisotopic (exact) mass is 191 g/mol. The quantitative estimate of drug-likeness (QED) is 0.790. The largest absolute Gasteiger partial charge is 0.392 e. The first-order valence-corrected chi connectivity index (χ1v) is 4.88. The van der Waals surface area contributed by atoms with Crippen molar-refractivity contribution in [3.05, 3.63) is 41.4 Å². The van der Waals surface area contributed by atoms with Gasteiger partial charge in [0.05, 0.1) is 17.2 Å². The van der Waals surface area contributed by atoms with Crippen LogP contribution in [0.2, 0.25) is 0 Å². The van der Waals surface area contributed by atoms with E-state index >= 15 is 0 Å². The van der Waals surface area contributed by atoms with E-state index in [0.717, 1.165) is 16.1 Å². The zero-order valence-corrected chi connectivity index (χ0v) is 7.79. The molecule has 2 aromatic heterocycles. The molecule has 2 heterocycles. The lowest BCUT2D eigenvalue weighted by Crippen LogP contribution is -1.85. The second-order valence-electron chi connectivity index (χ2n) is 2.69. The molecule has 3 heteroatoms. The van der Waals surface area contributed by atoms with Crippen molar-refractivity contribution < 1.29 is 5.11 Å². The SMILES string of the molecule is OCc1ccc(-c2cccs2)nc1. The molecular formula is C10H9NOS. The van der Waals surface area contributed by atoms with Crippen molar-refractivity contribution in [2.75, 3.05) is 0 Å². The number of aromatic nitrogens is 1. The second kappa shape index (κ2) is 3.68. The lowest BCUT2D eigenvalue weighted by Gasteiger charge is -1.97. The van der Waals surface area contributed by atoms with Crippen molar-refractivity contribution in [2.24, 2.45) is 0 Å². The van der Waals surface area contributed by atoms with Gasteiger partial charge in [0.2, 0.25) is 0 Å². The highest BCUT2D eigenvalue weighted by molar-refractivity contribution is 7.13.